The van der Waals surface area contributed by atoms with Gasteiger partial charge >= 0.3 is 6.03 Å². The van der Waals surface area contributed by atoms with Crippen LogP contribution in [0.2, 0.25) is 0 Å². The molecule has 3 atom stereocenters. The lowest BCUT2D eigenvalue weighted by Gasteiger charge is -2.32. The summed E-state index contributed by atoms with van der Waals surface area (Å²) in [4.78, 5) is 12.4. The van der Waals surface area contributed by atoms with Gasteiger partial charge in [0, 0.05) is 18.8 Å². The van der Waals surface area contributed by atoms with Crippen molar-refractivity contribution in [2.24, 2.45) is 13.0 Å². The number of rotatable bonds is 3. The van der Waals surface area contributed by atoms with Gasteiger partial charge in [0.15, 0.2) is 0 Å². The predicted octanol–water partition coefficient (Wildman–Crippen LogP) is 3.24. The number of benzene rings is 1. The Morgan fingerprint density at radius 3 is 2.96 bits per heavy atom. The van der Waals surface area contributed by atoms with E-state index < -0.39 is 0 Å². The van der Waals surface area contributed by atoms with Gasteiger partial charge in [0.2, 0.25) is 0 Å². The molecule has 6 heteroatoms. The highest BCUT2D eigenvalue weighted by molar-refractivity contribution is 5.75. The molecule has 24 heavy (non-hydrogen) atoms. The Balaban J connectivity index is 1.71. The summed E-state index contributed by atoms with van der Waals surface area (Å²) >= 11 is 0. The molecule has 1 aromatic heterocycles. The van der Waals surface area contributed by atoms with E-state index in [4.69, 9.17) is 0 Å². The summed E-state index contributed by atoms with van der Waals surface area (Å²) in [5.74, 6) is 0.0779. The zero-order chi connectivity index (χ0) is 17.3. The van der Waals surface area contributed by atoms with Crippen LogP contribution in [-0.4, -0.2) is 15.8 Å². The standard InChI is InChI=1S/C18H23FN4O/c1-11-7-8-14-15(5-4-6-16(14)19)17(11)22-18(24)21-12(2)13-9-20-23(3)10-13/h4-6,9-12,17H,7-8H2,1-3H3,(H2,21,22,24)/t11-,12+,17-/m1/s1. The molecule has 2 N–H and O–H groups in total. The molecule has 5 nitrogen and oxygen atoms in total. The van der Waals surface area contributed by atoms with Crippen LogP contribution < -0.4 is 10.6 Å². The van der Waals surface area contributed by atoms with Gasteiger partial charge in [0.1, 0.15) is 5.82 Å². The fraction of sp³-hybridized carbons (Fsp3) is 0.444. The van der Waals surface area contributed by atoms with Gasteiger partial charge in [-0.3, -0.25) is 4.68 Å². The van der Waals surface area contributed by atoms with Crippen LogP contribution >= 0.6 is 0 Å². The van der Waals surface area contributed by atoms with Crippen molar-refractivity contribution in [3.8, 4) is 0 Å². The lowest BCUT2D eigenvalue weighted by atomic mass is 9.80. The second-order valence-corrected chi connectivity index (χ2v) is 6.59. The molecule has 0 spiro atoms. The van der Waals surface area contributed by atoms with Gasteiger partial charge in [0.05, 0.1) is 18.3 Å². The Kier molecular flexibility index (Phi) is 4.55. The Morgan fingerprint density at radius 2 is 2.25 bits per heavy atom. The molecule has 1 aliphatic carbocycles. The minimum atomic E-state index is -0.250. The van der Waals surface area contributed by atoms with Gasteiger partial charge < -0.3 is 10.6 Å². The first kappa shape index (κ1) is 16.5. The van der Waals surface area contributed by atoms with E-state index in [9.17, 15) is 9.18 Å². The number of aromatic nitrogens is 2. The topological polar surface area (TPSA) is 59.0 Å². The molecule has 0 saturated heterocycles. The van der Waals surface area contributed by atoms with Crippen LogP contribution in [0.5, 0.6) is 0 Å². The SMILES string of the molecule is C[C@H](NC(=O)N[C@H]1c2cccc(F)c2CC[C@H]1C)c1cnn(C)c1. The average Bonchev–Trinajstić information content (AvgIpc) is 2.97. The van der Waals surface area contributed by atoms with Crippen molar-refractivity contribution >= 4 is 6.03 Å². The average molecular weight is 330 g/mol. The van der Waals surface area contributed by atoms with Crippen molar-refractivity contribution in [3.05, 3.63) is 53.1 Å². The highest BCUT2D eigenvalue weighted by Crippen LogP contribution is 2.35. The molecule has 1 aromatic carbocycles. The highest BCUT2D eigenvalue weighted by Gasteiger charge is 2.29. The number of carbonyl (C=O) groups excluding carboxylic acids is 1. The number of aryl methyl sites for hydroxylation is 1. The molecular formula is C18H23FN4O. The first-order valence-corrected chi connectivity index (χ1v) is 8.28. The fourth-order valence-corrected chi connectivity index (χ4v) is 3.32. The summed E-state index contributed by atoms with van der Waals surface area (Å²) in [6.07, 6.45) is 5.18. The van der Waals surface area contributed by atoms with Crippen molar-refractivity contribution in [2.75, 3.05) is 0 Å². The maximum absolute atomic E-state index is 14.0. The third kappa shape index (κ3) is 3.27. The van der Waals surface area contributed by atoms with E-state index in [1.165, 1.54) is 6.07 Å². The van der Waals surface area contributed by atoms with E-state index in [0.717, 1.165) is 29.5 Å². The summed E-state index contributed by atoms with van der Waals surface area (Å²) in [7, 11) is 1.84. The Bertz CT molecular complexity index is 742. The zero-order valence-electron chi connectivity index (χ0n) is 14.2. The molecule has 0 bridgehead atoms. The molecule has 1 aliphatic rings. The number of hydrogen-bond donors (Lipinski definition) is 2. The lowest BCUT2D eigenvalue weighted by Crippen LogP contribution is -2.42. The summed E-state index contributed by atoms with van der Waals surface area (Å²) in [6, 6.07) is 4.52. The fourth-order valence-electron chi connectivity index (χ4n) is 3.32. The van der Waals surface area contributed by atoms with E-state index in [-0.39, 0.29) is 29.8 Å². The molecule has 0 aliphatic heterocycles. The third-order valence-electron chi connectivity index (χ3n) is 4.77. The normalized spacial score (nSPS) is 21.0. The third-order valence-corrected chi connectivity index (χ3v) is 4.77. The molecule has 0 radical (unpaired) electrons. The highest BCUT2D eigenvalue weighted by atomic mass is 19.1. The van der Waals surface area contributed by atoms with Crippen molar-refractivity contribution in [3.63, 3.8) is 0 Å². The van der Waals surface area contributed by atoms with Crippen molar-refractivity contribution in [1.29, 1.82) is 0 Å². The molecule has 2 amide bonds. The summed E-state index contributed by atoms with van der Waals surface area (Å²) in [5, 5.41) is 10.1. The number of halogens is 1. The maximum Gasteiger partial charge on any atom is 0.315 e. The number of nitrogens with one attached hydrogen (secondary N) is 2. The molecule has 2 aromatic rings. The molecule has 0 unspecified atom stereocenters. The molecule has 1 heterocycles. The van der Waals surface area contributed by atoms with Gasteiger partial charge in [0.25, 0.3) is 0 Å². The van der Waals surface area contributed by atoms with Crippen LogP contribution in [0.1, 0.15) is 49.0 Å². The summed E-state index contributed by atoms with van der Waals surface area (Å²) in [6.45, 7) is 4.00. The largest absolute Gasteiger partial charge is 0.332 e. The monoisotopic (exact) mass is 330 g/mol. The van der Waals surface area contributed by atoms with Crippen molar-refractivity contribution in [1.82, 2.24) is 20.4 Å². The Hall–Kier alpha value is -2.37. The first-order valence-electron chi connectivity index (χ1n) is 8.28. The van der Waals surface area contributed by atoms with E-state index in [1.807, 2.05) is 26.2 Å². The second-order valence-electron chi connectivity index (χ2n) is 6.59. The number of urea groups is 1. The zero-order valence-corrected chi connectivity index (χ0v) is 14.2. The molecule has 0 fully saturated rings. The molecule has 0 saturated carbocycles. The van der Waals surface area contributed by atoms with Gasteiger partial charge in [-0.1, -0.05) is 19.1 Å². The van der Waals surface area contributed by atoms with Crippen LogP contribution in [-0.2, 0) is 13.5 Å². The van der Waals surface area contributed by atoms with Crippen LogP contribution in [0, 0.1) is 11.7 Å². The first-order chi connectivity index (χ1) is 11.5. The quantitative estimate of drug-likeness (QED) is 0.907. The van der Waals surface area contributed by atoms with Crippen LogP contribution in [0.25, 0.3) is 0 Å². The number of fused-ring (bicyclic) bond motifs is 1. The maximum atomic E-state index is 14.0. The van der Waals surface area contributed by atoms with E-state index in [0.29, 0.717) is 0 Å². The smallest absolute Gasteiger partial charge is 0.315 e. The Morgan fingerprint density at radius 1 is 1.46 bits per heavy atom. The number of nitrogens with zero attached hydrogens (tertiary/aromatic N) is 2. The predicted molar refractivity (Wildman–Crippen MR) is 89.9 cm³/mol. The number of carbonyl (C=O) groups is 1. The van der Waals surface area contributed by atoms with Crippen LogP contribution in [0.3, 0.4) is 0 Å². The van der Waals surface area contributed by atoms with Gasteiger partial charge in [-0.05, 0) is 42.9 Å². The van der Waals surface area contributed by atoms with Gasteiger partial charge in [-0.2, -0.15) is 5.10 Å². The minimum Gasteiger partial charge on any atom is -0.332 e. The molecule has 128 valence electrons. The number of hydrogen-bond acceptors (Lipinski definition) is 2. The van der Waals surface area contributed by atoms with E-state index in [2.05, 4.69) is 22.7 Å². The van der Waals surface area contributed by atoms with Gasteiger partial charge in [-0.25, -0.2) is 9.18 Å². The number of amides is 2. The Labute approximate surface area is 141 Å². The van der Waals surface area contributed by atoms with Crippen molar-refractivity contribution in [2.45, 2.75) is 38.8 Å². The van der Waals surface area contributed by atoms with E-state index >= 15 is 0 Å². The molecular weight excluding hydrogens is 307 g/mol. The van der Waals surface area contributed by atoms with Crippen molar-refractivity contribution < 1.29 is 9.18 Å². The second kappa shape index (κ2) is 6.63. The van der Waals surface area contributed by atoms with Crippen LogP contribution in [0.4, 0.5) is 9.18 Å². The van der Waals surface area contributed by atoms with Gasteiger partial charge in [-0.15, -0.1) is 0 Å². The van der Waals surface area contributed by atoms with E-state index in [1.54, 1.807) is 16.9 Å². The van der Waals surface area contributed by atoms with Crippen LogP contribution in [0.15, 0.2) is 30.6 Å². The minimum absolute atomic E-state index is 0.149. The summed E-state index contributed by atoms with van der Waals surface area (Å²) < 4.78 is 15.7. The molecule has 3 rings (SSSR count). The summed E-state index contributed by atoms with van der Waals surface area (Å²) in [5.41, 5.74) is 2.55. The lowest BCUT2D eigenvalue weighted by molar-refractivity contribution is 0.226.